The molecule has 26 heavy (non-hydrogen) atoms. The van der Waals surface area contributed by atoms with E-state index in [-0.39, 0.29) is 17.7 Å². The summed E-state index contributed by atoms with van der Waals surface area (Å²) in [5, 5.41) is 2.97. The van der Waals surface area contributed by atoms with Gasteiger partial charge in [0.1, 0.15) is 0 Å². The van der Waals surface area contributed by atoms with Crippen LogP contribution in [0.2, 0.25) is 0 Å². The molecule has 2 heterocycles. The lowest BCUT2D eigenvalue weighted by Crippen LogP contribution is -2.37. The van der Waals surface area contributed by atoms with Crippen LogP contribution in [-0.2, 0) is 21.5 Å². The fourth-order valence-corrected chi connectivity index (χ4v) is 4.03. The lowest BCUT2D eigenvalue weighted by Gasteiger charge is -2.20. The minimum Gasteiger partial charge on any atom is -0.352 e. The second-order valence-corrected chi connectivity index (χ2v) is 7.63. The molecule has 4 rings (SSSR count). The van der Waals surface area contributed by atoms with E-state index >= 15 is 0 Å². The van der Waals surface area contributed by atoms with Crippen LogP contribution in [0.4, 0.5) is 5.69 Å². The predicted molar refractivity (Wildman–Crippen MR) is 99.5 cm³/mol. The second kappa shape index (κ2) is 6.24. The van der Waals surface area contributed by atoms with Crippen molar-refractivity contribution < 1.29 is 9.59 Å². The number of nitrogens with one attached hydrogen (secondary N) is 1. The van der Waals surface area contributed by atoms with Gasteiger partial charge in [-0.05, 0) is 35.6 Å². The highest BCUT2D eigenvalue weighted by Gasteiger charge is 2.69. The Labute approximate surface area is 153 Å². The quantitative estimate of drug-likeness (QED) is 0.903. The first-order valence-corrected chi connectivity index (χ1v) is 9.12. The average molecular weight is 349 g/mol. The summed E-state index contributed by atoms with van der Waals surface area (Å²) in [7, 11) is 0. The van der Waals surface area contributed by atoms with Crippen LogP contribution in [0.1, 0.15) is 31.4 Å². The van der Waals surface area contributed by atoms with Crippen LogP contribution in [0.3, 0.4) is 0 Å². The number of aromatic nitrogens is 1. The van der Waals surface area contributed by atoms with Gasteiger partial charge in [0, 0.05) is 31.2 Å². The van der Waals surface area contributed by atoms with E-state index in [1.807, 2.05) is 41.3 Å². The number of para-hydroxylation sites is 1. The van der Waals surface area contributed by atoms with Crippen LogP contribution < -0.4 is 10.2 Å². The number of fused-ring (bicyclic) bond motifs is 2. The van der Waals surface area contributed by atoms with E-state index in [0.717, 1.165) is 16.8 Å². The summed E-state index contributed by atoms with van der Waals surface area (Å²) in [5.74, 6) is 0.112. The van der Waals surface area contributed by atoms with E-state index in [4.69, 9.17) is 0 Å². The van der Waals surface area contributed by atoms with E-state index in [1.54, 1.807) is 12.4 Å². The van der Waals surface area contributed by atoms with Crippen molar-refractivity contribution in [3.8, 4) is 0 Å². The predicted octanol–water partition coefficient (Wildman–Crippen LogP) is 2.66. The lowest BCUT2D eigenvalue weighted by atomic mass is 9.94. The number of anilines is 1. The molecule has 1 N–H and O–H groups in total. The van der Waals surface area contributed by atoms with Crippen molar-refractivity contribution in [2.75, 3.05) is 11.4 Å². The van der Waals surface area contributed by atoms with Gasteiger partial charge >= 0.3 is 0 Å². The molecule has 2 aliphatic rings. The van der Waals surface area contributed by atoms with Gasteiger partial charge < -0.3 is 10.2 Å². The Morgan fingerprint density at radius 1 is 1.31 bits per heavy atom. The first-order valence-electron chi connectivity index (χ1n) is 9.12. The van der Waals surface area contributed by atoms with Gasteiger partial charge in [0.2, 0.25) is 11.8 Å². The van der Waals surface area contributed by atoms with Gasteiger partial charge in [-0.1, -0.05) is 38.1 Å². The minimum atomic E-state index is -0.662. The van der Waals surface area contributed by atoms with E-state index in [0.29, 0.717) is 25.4 Å². The molecule has 1 aromatic carbocycles. The molecule has 2 atom stereocenters. The molecule has 0 bridgehead atoms. The zero-order chi connectivity index (χ0) is 18.3. The zero-order valence-corrected chi connectivity index (χ0v) is 15.1. The molecule has 2 amide bonds. The molecule has 0 unspecified atom stereocenters. The number of amides is 2. The molecule has 0 saturated heterocycles. The van der Waals surface area contributed by atoms with Crippen molar-refractivity contribution in [1.82, 2.24) is 10.3 Å². The summed E-state index contributed by atoms with van der Waals surface area (Å²) < 4.78 is 0. The van der Waals surface area contributed by atoms with Gasteiger partial charge in [0.25, 0.3) is 0 Å². The molecule has 2 aromatic rings. The number of carbonyl (C=O) groups is 2. The van der Waals surface area contributed by atoms with E-state index in [2.05, 4.69) is 24.1 Å². The van der Waals surface area contributed by atoms with Gasteiger partial charge in [-0.25, -0.2) is 0 Å². The molecule has 1 fully saturated rings. The lowest BCUT2D eigenvalue weighted by molar-refractivity contribution is -0.126. The molecule has 134 valence electrons. The standard InChI is InChI=1S/C21H23N3O2/c1-14(2)13-24-18-8-4-3-7-16(18)21(20(24)26)10-17(21)19(25)23-12-15-6-5-9-22-11-15/h3-9,11,14,17H,10,12-13H2,1-2H3,(H,23,25)/t17-,21+/m0/s1. The highest BCUT2D eigenvalue weighted by atomic mass is 16.2. The molecule has 5 heteroatoms. The summed E-state index contributed by atoms with van der Waals surface area (Å²) >= 11 is 0. The highest BCUT2D eigenvalue weighted by Crippen LogP contribution is 2.61. The third-order valence-electron chi connectivity index (χ3n) is 5.32. The third kappa shape index (κ3) is 2.59. The van der Waals surface area contributed by atoms with Crippen molar-refractivity contribution in [2.24, 2.45) is 11.8 Å². The Morgan fingerprint density at radius 3 is 2.85 bits per heavy atom. The topological polar surface area (TPSA) is 62.3 Å². The number of benzene rings is 1. The Kier molecular flexibility index (Phi) is 4.02. The van der Waals surface area contributed by atoms with Crippen LogP contribution >= 0.6 is 0 Å². The molecule has 1 saturated carbocycles. The van der Waals surface area contributed by atoms with E-state index in [9.17, 15) is 9.59 Å². The van der Waals surface area contributed by atoms with Gasteiger partial charge in [0.15, 0.2) is 0 Å². The normalized spacial score (nSPS) is 23.4. The Bertz CT molecular complexity index is 849. The molecule has 5 nitrogen and oxygen atoms in total. The van der Waals surface area contributed by atoms with Crippen LogP contribution in [0.5, 0.6) is 0 Å². The number of pyridine rings is 1. The number of hydrogen-bond acceptors (Lipinski definition) is 3. The van der Waals surface area contributed by atoms with Crippen LogP contribution in [0.25, 0.3) is 0 Å². The van der Waals surface area contributed by atoms with Gasteiger partial charge in [-0.2, -0.15) is 0 Å². The Hall–Kier alpha value is -2.69. The number of hydrogen-bond donors (Lipinski definition) is 1. The molecule has 0 radical (unpaired) electrons. The van der Waals surface area contributed by atoms with Crippen LogP contribution in [-0.4, -0.2) is 23.3 Å². The summed E-state index contributed by atoms with van der Waals surface area (Å²) in [6, 6.07) is 11.7. The van der Waals surface area contributed by atoms with E-state index in [1.165, 1.54) is 0 Å². The largest absolute Gasteiger partial charge is 0.352 e. The first-order chi connectivity index (χ1) is 12.5. The SMILES string of the molecule is CC(C)CN1C(=O)[C@]2(C[C@H]2C(=O)NCc2cccnc2)c2ccccc21. The molecule has 1 aliphatic carbocycles. The summed E-state index contributed by atoms with van der Waals surface area (Å²) in [6.07, 6.45) is 4.04. The molecular weight excluding hydrogens is 326 g/mol. The Balaban J connectivity index is 1.54. The summed E-state index contributed by atoms with van der Waals surface area (Å²) in [5.41, 5.74) is 2.26. The zero-order valence-electron chi connectivity index (χ0n) is 15.1. The van der Waals surface area contributed by atoms with Crippen molar-refractivity contribution in [1.29, 1.82) is 0 Å². The highest BCUT2D eigenvalue weighted by molar-refractivity contribution is 6.14. The van der Waals surface area contributed by atoms with Gasteiger partial charge in [-0.15, -0.1) is 0 Å². The monoisotopic (exact) mass is 349 g/mol. The van der Waals surface area contributed by atoms with E-state index < -0.39 is 5.41 Å². The van der Waals surface area contributed by atoms with Crippen molar-refractivity contribution >= 4 is 17.5 Å². The maximum atomic E-state index is 13.2. The minimum absolute atomic E-state index is 0.0524. The molecular formula is C21H23N3O2. The van der Waals surface area contributed by atoms with Crippen molar-refractivity contribution in [3.63, 3.8) is 0 Å². The second-order valence-electron chi connectivity index (χ2n) is 7.63. The molecule has 1 aliphatic heterocycles. The Morgan fingerprint density at radius 2 is 2.12 bits per heavy atom. The smallest absolute Gasteiger partial charge is 0.238 e. The fourth-order valence-electron chi connectivity index (χ4n) is 4.03. The summed E-state index contributed by atoms with van der Waals surface area (Å²) in [4.78, 5) is 31.9. The van der Waals surface area contributed by atoms with Crippen molar-refractivity contribution in [2.45, 2.75) is 32.2 Å². The molecule has 1 aromatic heterocycles. The number of rotatable bonds is 5. The first kappa shape index (κ1) is 16.8. The fraction of sp³-hybridized carbons (Fsp3) is 0.381. The summed E-state index contributed by atoms with van der Waals surface area (Å²) in [6.45, 7) is 5.32. The van der Waals surface area contributed by atoms with Gasteiger partial charge in [0.05, 0.1) is 11.3 Å². The number of carbonyl (C=O) groups excluding carboxylic acids is 2. The third-order valence-corrected chi connectivity index (χ3v) is 5.32. The van der Waals surface area contributed by atoms with Gasteiger partial charge in [-0.3, -0.25) is 14.6 Å². The maximum absolute atomic E-state index is 13.2. The average Bonchev–Trinajstić information content (AvgIpc) is 3.36. The molecule has 1 spiro atoms. The van der Waals surface area contributed by atoms with Crippen molar-refractivity contribution in [3.05, 3.63) is 59.9 Å². The number of nitrogens with zero attached hydrogens (tertiary/aromatic N) is 2. The maximum Gasteiger partial charge on any atom is 0.238 e. The van der Waals surface area contributed by atoms with Crippen LogP contribution in [0.15, 0.2) is 48.8 Å². The van der Waals surface area contributed by atoms with Crippen LogP contribution in [0, 0.1) is 11.8 Å².